The molecular formula is C17H19FN2O3. The first-order valence-corrected chi connectivity index (χ1v) is 7.60. The van der Waals surface area contributed by atoms with E-state index in [0.29, 0.717) is 23.7 Å². The van der Waals surface area contributed by atoms with Crippen LogP contribution < -0.4 is 10.1 Å². The van der Waals surface area contributed by atoms with Crippen LogP contribution in [0.1, 0.15) is 23.3 Å². The fraction of sp³-hybridized carbons (Fsp3) is 0.353. The minimum Gasteiger partial charge on any atom is -0.489 e. The van der Waals surface area contributed by atoms with E-state index in [2.05, 4.69) is 5.32 Å². The number of nitrogens with zero attached hydrogens (tertiary/aromatic N) is 1. The Labute approximate surface area is 134 Å². The van der Waals surface area contributed by atoms with Gasteiger partial charge in [-0.2, -0.15) is 0 Å². The maximum Gasteiger partial charge on any atom is 0.272 e. The van der Waals surface area contributed by atoms with Crippen molar-refractivity contribution in [3.8, 4) is 5.75 Å². The zero-order chi connectivity index (χ0) is 16.2. The molecule has 0 aliphatic carbocycles. The molecular weight excluding hydrogens is 299 g/mol. The van der Waals surface area contributed by atoms with Crippen LogP contribution in [-0.4, -0.2) is 29.8 Å². The average molecular weight is 318 g/mol. The summed E-state index contributed by atoms with van der Waals surface area (Å²) in [5.41, 5.74) is 0.800. The van der Waals surface area contributed by atoms with Crippen molar-refractivity contribution >= 4 is 11.6 Å². The van der Waals surface area contributed by atoms with E-state index in [1.54, 1.807) is 29.9 Å². The highest BCUT2D eigenvalue weighted by atomic mass is 19.1. The van der Waals surface area contributed by atoms with Crippen LogP contribution in [0.15, 0.2) is 36.5 Å². The van der Waals surface area contributed by atoms with Crippen LogP contribution >= 0.6 is 0 Å². The quantitative estimate of drug-likeness (QED) is 0.922. The Kier molecular flexibility index (Phi) is 4.62. The first-order valence-electron chi connectivity index (χ1n) is 7.60. The lowest BCUT2D eigenvalue weighted by molar-refractivity contribution is 0.0681. The summed E-state index contributed by atoms with van der Waals surface area (Å²) in [5.74, 6) is -0.314. The van der Waals surface area contributed by atoms with Crippen molar-refractivity contribution < 1.29 is 18.7 Å². The molecule has 5 nitrogen and oxygen atoms in total. The summed E-state index contributed by atoms with van der Waals surface area (Å²) in [6.07, 6.45) is 3.80. The fourth-order valence-corrected chi connectivity index (χ4v) is 2.57. The second kappa shape index (κ2) is 6.83. The zero-order valence-corrected chi connectivity index (χ0v) is 12.9. The lowest BCUT2D eigenvalue weighted by atomic mass is 10.2. The van der Waals surface area contributed by atoms with E-state index in [1.165, 1.54) is 18.2 Å². The van der Waals surface area contributed by atoms with Gasteiger partial charge in [0, 0.05) is 25.9 Å². The van der Waals surface area contributed by atoms with Crippen LogP contribution in [0.3, 0.4) is 0 Å². The summed E-state index contributed by atoms with van der Waals surface area (Å²) >= 11 is 0. The normalized spacial score (nSPS) is 17.2. The highest BCUT2D eigenvalue weighted by Gasteiger charge is 2.18. The fourth-order valence-electron chi connectivity index (χ4n) is 2.57. The van der Waals surface area contributed by atoms with Crippen molar-refractivity contribution in [1.29, 1.82) is 0 Å². The maximum atomic E-state index is 13.5. The highest BCUT2D eigenvalue weighted by molar-refractivity contribution is 6.04. The number of anilines is 1. The van der Waals surface area contributed by atoms with Crippen LogP contribution in [-0.2, 0) is 11.8 Å². The minimum absolute atomic E-state index is 0.0523. The number of nitrogens with one attached hydrogen (secondary N) is 1. The van der Waals surface area contributed by atoms with Gasteiger partial charge < -0.3 is 19.4 Å². The molecule has 0 unspecified atom stereocenters. The van der Waals surface area contributed by atoms with E-state index in [1.807, 2.05) is 0 Å². The van der Waals surface area contributed by atoms with Gasteiger partial charge >= 0.3 is 0 Å². The zero-order valence-electron chi connectivity index (χ0n) is 12.9. The van der Waals surface area contributed by atoms with Crippen molar-refractivity contribution in [3.63, 3.8) is 0 Å². The third kappa shape index (κ3) is 3.71. The molecule has 1 aromatic heterocycles. The molecule has 2 aromatic rings. The number of hydrogen-bond acceptors (Lipinski definition) is 3. The molecule has 3 rings (SSSR count). The van der Waals surface area contributed by atoms with Crippen molar-refractivity contribution in [2.45, 2.75) is 18.9 Å². The van der Waals surface area contributed by atoms with E-state index in [0.717, 1.165) is 19.4 Å². The molecule has 0 radical (unpaired) electrons. The van der Waals surface area contributed by atoms with E-state index < -0.39 is 5.82 Å². The number of aromatic nitrogens is 1. The Morgan fingerprint density at radius 2 is 2.35 bits per heavy atom. The molecule has 23 heavy (non-hydrogen) atoms. The van der Waals surface area contributed by atoms with Gasteiger partial charge in [0.2, 0.25) is 0 Å². The molecule has 0 spiro atoms. The number of carbonyl (C=O) groups excluding carboxylic acids is 1. The van der Waals surface area contributed by atoms with Gasteiger partial charge in [0.15, 0.2) is 0 Å². The average Bonchev–Trinajstić information content (AvgIpc) is 3.17. The smallest absolute Gasteiger partial charge is 0.272 e. The number of aryl methyl sites for hydroxylation is 1. The summed E-state index contributed by atoms with van der Waals surface area (Å²) in [5, 5.41) is 2.70. The Balaban J connectivity index is 1.73. The Bertz CT molecular complexity index is 693. The second-order valence-corrected chi connectivity index (χ2v) is 5.54. The van der Waals surface area contributed by atoms with Crippen LogP contribution in [0.2, 0.25) is 0 Å². The summed E-state index contributed by atoms with van der Waals surface area (Å²) in [6, 6.07) is 7.55. The Morgan fingerprint density at radius 1 is 1.48 bits per heavy atom. The summed E-state index contributed by atoms with van der Waals surface area (Å²) in [4.78, 5) is 12.3. The number of halogens is 1. The largest absolute Gasteiger partial charge is 0.489 e. The number of hydrogen-bond donors (Lipinski definition) is 1. The van der Waals surface area contributed by atoms with E-state index in [4.69, 9.17) is 9.47 Å². The van der Waals surface area contributed by atoms with Crippen molar-refractivity contribution in [3.05, 3.63) is 48.0 Å². The van der Waals surface area contributed by atoms with Crippen molar-refractivity contribution in [2.75, 3.05) is 18.5 Å². The molecule has 1 saturated heterocycles. The van der Waals surface area contributed by atoms with Gasteiger partial charge in [0.05, 0.1) is 11.8 Å². The van der Waals surface area contributed by atoms with Gasteiger partial charge in [-0.25, -0.2) is 4.39 Å². The van der Waals surface area contributed by atoms with Crippen LogP contribution in [0.25, 0.3) is 0 Å². The van der Waals surface area contributed by atoms with E-state index in [9.17, 15) is 9.18 Å². The number of ether oxygens (including phenoxy) is 2. The maximum absolute atomic E-state index is 13.5. The molecule has 1 atom stereocenters. The monoisotopic (exact) mass is 318 g/mol. The van der Waals surface area contributed by atoms with Crippen LogP contribution in [0, 0.1) is 5.82 Å². The molecule has 1 amide bonds. The molecule has 1 aromatic carbocycles. The van der Waals surface area contributed by atoms with E-state index in [-0.39, 0.29) is 12.0 Å². The van der Waals surface area contributed by atoms with Crippen LogP contribution in [0.5, 0.6) is 5.75 Å². The first kappa shape index (κ1) is 15.6. The number of benzene rings is 1. The number of carbonyl (C=O) groups is 1. The molecule has 1 aliphatic heterocycles. The van der Waals surface area contributed by atoms with Gasteiger partial charge in [-0.15, -0.1) is 0 Å². The second-order valence-electron chi connectivity index (χ2n) is 5.54. The van der Waals surface area contributed by atoms with E-state index >= 15 is 0 Å². The standard InChI is InChI=1S/C17H19FN2O3/c1-20-8-2-5-15(20)17(21)19-14-10-12(18)6-7-16(14)23-11-13-4-3-9-22-13/h2,5-8,10,13H,3-4,9,11H2,1H3,(H,19,21)/t13-/m1/s1. The number of amides is 1. The SMILES string of the molecule is Cn1cccc1C(=O)Nc1cc(F)ccc1OC[C@H]1CCCO1. The van der Waals surface area contributed by atoms with Crippen molar-refractivity contribution in [1.82, 2.24) is 4.57 Å². The van der Waals surface area contributed by atoms with Gasteiger partial charge in [-0.3, -0.25) is 4.79 Å². The molecule has 2 heterocycles. The molecule has 122 valence electrons. The molecule has 1 N–H and O–H groups in total. The number of rotatable bonds is 5. The molecule has 6 heteroatoms. The topological polar surface area (TPSA) is 52.5 Å². The van der Waals surface area contributed by atoms with Gasteiger partial charge in [-0.1, -0.05) is 0 Å². The molecule has 1 fully saturated rings. The Morgan fingerprint density at radius 3 is 3.04 bits per heavy atom. The third-order valence-corrected chi connectivity index (χ3v) is 3.81. The van der Waals surface area contributed by atoms with Gasteiger partial charge in [-0.05, 0) is 37.1 Å². The third-order valence-electron chi connectivity index (χ3n) is 3.81. The highest BCUT2D eigenvalue weighted by Crippen LogP contribution is 2.27. The first-order chi connectivity index (χ1) is 11.1. The van der Waals surface area contributed by atoms with Gasteiger partial charge in [0.1, 0.15) is 23.9 Å². The van der Waals surface area contributed by atoms with Crippen molar-refractivity contribution in [2.24, 2.45) is 7.05 Å². The minimum atomic E-state index is -0.434. The predicted molar refractivity (Wildman–Crippen MR) is 84.2 cm³/mol. The van der Waals surface area contributed by atoms with Gasteiger partial charge in [0.25, 0.3) is 5.91 Å². The Hall–Kier alpha value is -2.34. The predicted octanol–water partition coefficient (Wildman–Crippen LogP) is 2.97. The summed E-state index contributed by atoms with van der Waals surface area (Å²) in [7, 11) is 1.77. The summed E-state index contributed by atoms with van der Waals surface area (Å²) in [6.45, 7) is 1.13. The lowest BCUT2D eigenvalue weighted by Gasteiger charge is -2.15. The molecule has 1 aliphatic rings. The van der Waals surface area contributed by atoms with Crippen LogP contribution in [0.4, 0.5) is 10.1 Å². The summed E-state index contributed by atoms with van der Waals surface area (Å²) < 4.78 is 26.4. The lowest BCUT2D eigenvalue weighted by Crippen LogP contribution is -2.19. The molecule has 0 saturated carbocycles. The molecule has 0 bridgehead atoms.